The van der Waals surface area contributed by atoms with Gasteiger partial charge in [0, 0.05) is 5.69 Å². The van der Waals surface area contributed by atoms with Gasteiger partial charge in [-0.2, -0.15) is 4.98 Å². The molecule has 110 valence electrons. The van der Waals surface area contributed by atoms with Crippen molar-refractivity contribution in [3.8, 4) is 0 Å². The van der Waals surface area contributed by atoms with Crippen molar-refractivity contribution < 1.29 is 14.3 Å². The first-order chi connectivity index (χ1) is 10.1. The van der Waals surface area contributed by atoms with Gasteiger partial charge in [0.2, 0.25) is 17.0 Å². The third kappa shape index (κ3) is 4.21. The van der Waals surface area contributed by atoms with Gasteiger partial charge in [-0.05, 0) is 24.3 Å². The number of methoxy groups -OCH3 is 1. The highest BCUT2D eigenvalue weighted by atomic mass is 32.2. The van der Waals surface area contributed by atoms with Crippen LogP contribution in [0.2, 0.25) is 0 Å². The Labute approximate surface area is 124 Å². The van der Waals surface area contributed by atoms with Crippen LogP contribution in [0.3, 0.4) is 0 Å². The second-order valence-electron chi connectivity index (χ2n) is 3.91. The van der Waals surface area contributed by atoms with E-state index in [9.17, 15) is 9.59 Å². The van der Waals surface area contributed by atoms with Crippen molar-refractivity contribution in [2.75, 3.05) is 23.9 Å². The number of nitrogens with one attached hydrogen (secondary N) is 2. The SMILES string of the molecule is COC(=O)c1ccc(NC(=O)CSc2n[nH]c(N)n2)cc1. The van der Waals surface area contributed by atoms with Crippen LogP contribution in [-0.4, -0.2) is 39.9 Å². The van der Waals surface area contributed by atoms with Gasteiger partial charge < -0.3 is 15.8 Å². The molecule has 2 rings (SSSR count). The van der Waals surface area contributed by atoms with Crippen molar-refractivity contribution >= 4 is 35.3 Å². The lowest BCUT2D eigenvalue weighted by molar-refractivity contribution is -0.113. The number of rotatable bonds is 5. The van der Waals surface area contributed by atoms with Crippen LogP contribution in [0.4, 0.5) is 11.6 Å². The molecule has 1 heterocycles. The van der Waals surface area contributed by atoms with Crippen molar-refractivity contribution in [2.24, 2.45) is 0 Å². The molecule has 0 saturated carbocycles. The monoisotopic (exact) mass is 307 g/mol. The second-order valence-corrected chi connectivity index (χ2v) is 4.85. The van der Waals surface area contributed by atoms with Crippen molar-refractivity contribution in [1.29, 1.82) is 0 Å². The average molecular weight is 307 g/mol. The summed E-state index contributed by atoms with van der Waals surface area (Å²) in [7, 11) is 1.31. The minimum atomic E-state index is -0.425. The Hall–Kier alpha value is -2.55. The number of benzene rings is 1. The number of esters is 1. The van der Waals surface area contributed by atoms with E-state index in [1.54, 1.807) is 24.3 Å². The normalized spacial score (nSPS) is 10.1. The third-order valence-corrected chi connectivity index (χ3v) is 3.25. The van der Waals surface area contributed by atoms with Gasteiger partial charge in [-0.25, -0.2) is 9.89 Å². The molecule has 8 nitrogen and oxygen atoms in total. The standard InChI is InChI=1S/C12H13N5O3S/c1-20-10(19)7-2-4-8(5-3-7)14-9(18)6-21-12-15-11(13)16-17-12/h2-5H,6H2,1H3,(H,14,18)(H3,13,15,16,17). The van der Waals surface area contributed by atoms with E-state index in [4.69, 9.17) is 5.73 Å². The summed E-state index contributed by atoms with van der Waals surface area (Å²) in [5, 5.41) is 9.39. The smallest absolute Gasteiger partial charge is 0.337 e. The number of nitrogens with two attached hydrogens (primary N) is 1. The predicted molar refractivity (Wildman–Crippen MR) is 77.9 cm³/mol. The third-order valence-electron chi connectivity index (χ3n) is 2.40. The first-order valence-electron chi connectivity index (χ1n) is 5.87. The Bertz CT molecular complexity index is 641. The van der Waals surface area contributed by atoms with Gasteiger partial charge in [0.05, 0.1) is 18.4 Å². The lowest BCUT2D eigenvalue weighted by Gasteiger charge is -2.05. The molecule has 0 radical (unpaired) electrons. The molecule has 1 amide bonds. The summed E-state index contributed by atoms with van der Waals surface area (Å²) in [6.45, 7) is 0. The lowest BCUT2D eigenvalue weighted by Crippen LogP contribution is -2.14. The van der Waals surface area contributed by atoms with Crippen LogP contribution in [0.1, 0.15) is 10.4 Å². The number of anilines is 2. The average Bonchev–Trinajstić information content (AvgIpc) is 2.91. The molecule has 4 N–H and O–H groups in total. The zero-order valence-corrected chi connectivity index (χ0v) is 11.9. The van der Waals surface area contributed by atoms with Crippen molar-refractivity contribution in [1.82, 2.24) is 15.2 Å². The lowest BCUT2D eigenvalue weighted by atomic mass is 10.2. The van der Waals surface area contributed by atoms with Crippen LogP contribution in [0.25, 0.3) is 0 Å². The van der Waals surface area contributed by atoms with Gasteiger partial charge in [-0.3, -0.25) is 4.79 Å². The molecular weight excluding hydrogens is 294 g/mol. The number of aromatic amines is 1. The van der Waals surface area contributed by atoms with E-state index in [1.165, 1.54) is 7.11 Å². The number of thioether (sulfide) groups is 1. The number of hydrogen-bond donors (Lipinski definition) is 3. The van der Waals surface area contributed by atoms with Crippen molar-refractivity contribution in [3.63, 3.8) is 0 Å². The second kappa shape index (κ2) is 6.75. The number of ether oxygens (including phenoxy) is 1. The number of nitrogen functional groups attached to an aromatic ring is 1. The van der Waals surface area contributed by atoms with E-state index in [0.29, 0.717) is 16.4 Å². The van der Waals surface area contributed by atoms with E-state index < -0.39 is 5.97 Å². The molecule has 0 unspecified atom stereocenters. The molecule has 1 aromatic heterocycles. The van der Waals surface area contributed by atoms with Gasteiger partial charge in [0.15, 0.2) is 0 Å². The van der Waals surface area contributed by atoms with Crippen molar-refractivity contribution in [3.05, 3.63) is 29.8 Å². The zero-order chi connectivity index (χ0) is 15.2. The summed E-state index contributed by atoms with van der Waals surface area (Å²) in [5.74, 6) is -0.285. The van der Waals surface area contributed by atoms with Crippen LogP contribution < -0.4 is 11.1 Å². The molecule has 0 fully saturated rings. The minimum Gasteiger partial charge on any atom is -0.465 e. The Balaban J connectivity index is 1.86. The van der Waals surface area contributed by atoms with Gasteiger partial charge in [-0.1, -0.05) is 11.8 Å². The largest absolute Gasteiger partial charge is 0.465 e. The Morgan fingerprint density at radius 3 is 2.67 bits per heavy atom. The summed E-state index contributed by atoms with van der Waals surface area (Å²) in [6.07, 6.45) is 0. The highest BCUT2D eigenvalue weighted by molar-refractivity contribution is 7.99. The molecule has 0 bridgehead atoms. The Kier molecular flexibility index (Phi) is 4.77. The summed E-state index contributed by atoms with van der Waals surface area (Å²) in [5.41, 5.74) is 6.38. The van der Waals surface area contributed by atoms with E-state index in [0.717, 1.165) is 11.8 Å². The number of hydrogen-bond acceptors (Lipinski definition) is 7. The molecule has 0 aliphatic carbocycles. The first kappa shape index (κ1) is 14.9. The van der Waals surface area contributed by atoms with Gasteiger partial charge in [-0.15, -0.1) is 5.10 Å². The number of aromatic nitrogens is 3. The molecular formula is C12H13N5O3S. The van der Waals surface area contributed by atoms with Crippen LogP contribution in [0.15, 0.2) is 29.4 Å². The summed E-state index contributed by atoms with van der Waals surface area (Å²) >= 11 is 1.16. The van der Waals surface area contributed by atoms with Gasteiger partial charge in [0.1, 0.15) is 0 Å². The van der Waals surface area contributed by atoms with E-state index in [2.05, 4.69) is 25.2 Å². The Morgan fingerprint density at radius 1 is 1.38 bits per heavy atom. The number of H-pyrrole nitrogens is 1. The minimum absolute atomic E-state index is 0.149. The van der Waals surface area contributed by atoms with E-state index in [1.807, 2.05) is 0 Å². The maximum Gasteiger partial charge on any atom is 0.337 e. The van der Waals surface area contributed by atoms with Gasteiger partial charge in [0.25, 0.3) is 0 Å². The zero-order valence-electron chi connectivity index (χ0n) is 11.1. The number of carbonyl (C=O) groups is 2. The fraction of sp³-hybridized carbons (Fsp3) is 0.167. The van der Waals surface area contributed by atoms with E-state index in [-0.39, 0.29) is 17.6 Å². The molecule has 1 aromatic carbocycles. The fourth-order valence-corrected chi connectivity index (χ4v) is 2.06. The first-order valence-corrected chi connectivity index (χ1v) is 6.86. The molecule has 0 atom stereocenters. The molecule has 2 aromatic rings. The summed E-state index contributed by atoms with van der Waals surface area (Å²) < 4.78 is 4.59. The predicted octanol–water partition coefficient (Wildman–Crippen LogP) is 0.904. The fourth-order valence-electron chi connectivity index (χ4n) is 1.46. The molecule has 9 heteroatoms. The van der Waals surface area contributed by atoms with Crippen LogP contribution in [0, 0.1) is 0 Å². The van der Waals surface area contributed by atoms with Gasteiger partial charge >= 0.3 is 5.97 Å². The topological polar surface area (TPSA) is 123 Å². The molecule has 21 heavy (non-hydrogen) atoms. The number of nitrogens with zero attached hydrogens (tertiary/aromatic N) is 2. The van der Waals surface area contributed by atoms with Crippen LogP contribution in [0.5, 0.6) is 0 Å². The molecule has 0 spiro atoms. The highest BCUT2D eigenvalue weighted by Gasteiger charge is 2.08. The molecule has 0 aliphatic rings. The maximum atomic E-state index is 11.7. The quantitative estimate of drug-likeness (QED) is 0.554. The van der Waals surface area contributed by atoms with Crippen molar-refractivity contribution in [2.45, 2.75) is 5.16 Å². The summed E-state index contributed by atoms with van der Waals surface area (Å²) in [6, 6.07) is 6.40. The number of amides is 1. The molecule has 0 aliphatic heterocycles. The summed E-state index contributed by atoms with van der Waals surface area (Å²) in [4.78, 5) is 26.9. The number of carbonyl (C=O) groups excluding carboxylic acids is 2. The maximum absolute atomic E-state index is 11.7. The van der Waals surface area contributed by atoms with Crippen LogP contribution >= 0.6 is 11.8 Å². The van der Waals surface area contributed by atoms with E-state index >= 15 is 0 Å². The highest BCUT2D eigenvalue weighted by Crippen LogP contribution is 2.14. The Morgan fingerprint density at radius 2 is 2.10 bits per heavy atom. The van der Waals surface area contributed by atoms with Crippen LogP contribution in [-0.2, 0) is 9.53 Å². The molecule has 0 saturated heterocycles.